The Bertz CT molecular complexity index is 949. The summed E-state index contributed by atoms with van der Waals surface area (Å²) in [6.07, 6.45) is 1.50. The fourth-order valence-electron chi connectivity index (χ4n) is 3.78. The van der Waals surface area contributed by atoms with Gasteiger partial charge >= 0.3 is 5.76 Å². The van der Waals surface area contributed by atoms with Crippen molar-refractivity contribution in [3.05, 3.63) is 34.3 Å². The minimum atomic E-state index is -0.686. The molecule has 2 aliphatic rings. The van der Waals surface area contributed by atoms with Crippen LogP contribution in [0.1, 0.15) is 36.0 Å². The van der Waals surface area contributed by atoms with Gasteiger partial charge in [-0.2, -0.15) is 0 Å². The molecule has 2 saturated heterocycles. The molecule has 1 aromatic carbocycles. The minimum Gasteiger partial charge on any atom is -0.408 e. The number of ketones is 2. The SMILES string of the molecule is O=C1CC(=O)C2(CCN(CCC(=O)c3ccc4[nH]c(=O)oc4c3)CC2)N1. The zero-order valence-corrected chi connectivity index (χ0v) is 14.2. The summed E-state index contributed by atoms with van der Waals surface area (Å²) in [6, 6.07) is 4.91. The smallest absolute Gasteiger partial charge is 0.408 e. The van der Waals surface area contributed by atoms with Gasteiger partial charge in [0.1, 0.15) is 5.54 Å². The van der Waals surface area contributed by atoms with Crippen molar-refractivity contribution in [2.24, 2.45) is 0 Å². The number of aromatic amines is 1. The number of hydrogen-bond donors (Lipinski definition) is 2. The zero-order valence-electron chi connectivity index (χ0n) is 14.2. The van der Waals surface area contributed by atoms with Gasteiger partial charge in [0.2, 0.25) is 5.91 Å². The van der Waals surface area contributed by atoms with Crippen LogP contribution in [-0.2, 0) is 9.59 Å². The van der Waals surface area contributed by atoms with Gasteiger partial charge in [-0.1, -0.05) is 0 Å². The Morgan fingerprint density at radius 1 is 1.19 bits per heavy atom. The van der Waals surface area contributed by atoms with Crippen molar-refractivity contribution in [1.29, 1.82) is 0 Å². The van der Waals surface area contributed by atoms with E-state index in [9.17, 15) is 19.2 Å². The Hall–Kier alpha value is -2.74. The number of amides is 1. The molecular formula is C18H19N3O5. The highest BCUT2D eigenvalue weighted by Crippen LogP contribution is 2.28. The molecule has 2 aliphatic heterocycles. The maximum atomic E-state index is 12.4. The van der Waals surface area contributed by atoms with Crippen LogP contribution in [0, 0.1) is 0 Å². The summed E-state index contributed by atoms with van der Waals surface area (Å²) in [5.41, 5.74) is 0.758. The number of hydrogen-bond acceptors (Lipinski definition) is 6. The summed E-state index contributed by atoms with van der Waals surface area (Å²) in [7, 11) is 0. The molecule has 2 aromatic rings. The molecule has 4 rings (SSSR count). The largest absolute Gasteiger partial charge is 0.417 e. The van der Waals surface area contributed by atoms with Crippen molar-refractivity contribution in [2.45, 2.75) is 31.2 Å². The highest BCUT2D eigenvalue weighted by molar-refractivity contribution is 6.10. The van der Waals surface area contributed by atoms with E-state index in [-0.39, 0.29) is 23.9 Å². The van der Waals surface area contributed by atoms with Crippen molar-refractivity contribution in [3.8, 4) is 0 Å². The molecule has 0 saturated carbocycles. The molecule has 0 unspecified atom stereocenters. The van der Waals surface area contributed by atoms with Crippen LogP contribution in [0.2, 0.25) is 0 Å². The molecular weight excluding hydrogens is 338 g/mol. The maximum absolute atomic E-state index is 12.4. The van der Waals surface area contributed by atoms with Crippen LogP contribution in [0.4, 0.5) is 0 Å². The number of aromatic nitrogens is 1. The van der Waals surface area contributed by atoms with E-state index in [4.69, 9.17) is 4.42 Å². The first-order valence-electron chi connectivity index (χ1n) is 8.68. The number of fused-ring (bicyclic) bond motifs is 1. The average Bonchev–Trinajstić information content (AvgIpc) is 3.11. The average molecular weight is 357 g/mol. The number of piperidine rings is 1. The first-order chi connectivity index (χ1) is 12.4. The summed E-state index contributed by atoms with van der Waals surface area (Å²) >= 11 is 0. The number of carbonyl (C=O) groups is 3. The van der Waals surface area contributed by atoms with E-state index in [1.54, 1.807) is 18.2 Å². The summed E-state index contributed by atoms with van der Waals surface area (Å²) < 4.78 is 4.99. The molecule has 1 spiro atoms. The summed E-state index contributed by atoms with van der Waals surface area (Å²) in [4.78, 5) is 51.8. The second-order valence-corrected chi connectivity index (χ2v) is 6.97. The Balaban J connectivity index is 1.34. The van der Waals surface area contributed by atoms with Gasteiger partial charge in [0.05, 0.1) is 11.9 Å². The normalized spacial score (nSPS) is 20.0. The van der Waals surface area contributed by atoms with E-state index in [0.717, 1.165) is 0 Å². The summed E-state index contributed by atoms with van der Waals surface area (Å²) in [5, 5.41) is 2.83. The number of Topliss-reactive ketones (excluding diaryl/α,β-unsaturated/α-hetero) is 2. The third kappa shape index (κ3) is 2.96. The van der Waals surface area contributed by atoms with Crippen molar-refractivity contribution >= 4 is 28.6 Å². The lowest BCUT2D eigenvalue weighted by Gasteiger charge is -2.37. The fraction of sp³-hybridized carbons (Fsp3) is 0.444. The highest BCUT2D eigenvalue weighted by atomic mass is 16.4. The van der Waals surface area contributed by atoms with Crippen molar-refractivity contribution in [2.75, 3.05) is 19.6 Å². The molecule has 8 nitrogen and oxygen atoms in total. The third-order valence-electron chi connectivity index (χ3n) is 5.34. The molecule has 1 amide bonds. The Kier molecular flexibility index (Phi) is 3.99. The Morgan fingerprint density at radius 3 is 2.65 bits per heavy atom. The van der Waals surface area contributed by atoms with Gasteiger partial charge in [-0.25, -0.2) is 4.79 Å². The number of nitrogens with one attached hydrogen (secondary N) is 2. The van der Waals surface area contributed by atoms with E-state index < -0.39 is 11.3 Å². The number of rotatable bonds is 4. The van der Waals surface area contributed by atoms with Gasteiger partial charge in [-0.3, -0.25) is 19.4 Å². The number of H-pyrrole nitrogens is 1. The molecule has 0 aliphatic carbocycles. The van der Waals surface area contributed by atoms with E-state index >= 15 is 0 Å². The molecule has 2 N–H and O–H groups in total. The minimum absolute atomic E-state index is 0.0143. The lowest BCUT2D eigenvalue weighted by Crippen LogP contribution is -2.54. The van der Waals surface area contributed by atoms with Crippen LogP contribution in [0.25, 0.3) is 11.1 Å². The number of nitrogens with zero attached hydrogens (tertiary/aromatic N) is 1. The zero-order chi connectivity index (χ0) is 18.3. The number of benzene rings is 1. The molecule has 0 atom stereocenters. The first kappa shape index (κ1) is 16.7. The van der Waals surface area contributed by atoms with Gasteiger partial charge < -0.3 is 14.6 Å². The molecule has 0 bridgehead atoms. The van der Waals surface area contributed by atoms with Crippen LogP contribution < -0.4 is 11.1 Å². The van der Waals surface area contributed by atoms with Crippen molar-refractivity contribution in [1.82, 2.24) is 15.2 Å². The Labute approximate surface area is 148 Å². The second-order valence-electron chi connectivity index (χ2n) is 6.97. The van der Waals surface area contributed by atoms with Crippen LogP contribution in [0.5, 0.6) is 0 Å². The molecule has 3 heterocycles. The third-order valence-corrected chi connectivity index (χ3v) is 5.34. The van der Waals surface area contributed by atoms with Crippen LogP contribution in [0.3, 0.4) is 0 Å². The standard InChI is InChI=1S/C18H19N3O5/c22-13(11-1-2-12-14(9-11)26-17(25)19-12)3-6-21-7-4-18(5-8-21)15(23)10-16(24)20-18/h1-2,9H,3-8,10H2,(H,19,25)(H,20,24). The topological polar surface area (TPSA) is 112 Å². The van der Waals surface area contributed by atoms with Gasteiger partial charge in [0.15, 0.2) is 17.1 Å². The van der Waals surface area contributed by atoms with E-state index in [0.29, 0.717) is 55.6 Å². The number of carbonyl (C=O) groups excluding carboxylic acids is 3. The van der Waals surface area contributed by atoms with Crippen LogP contribution in [0.15, 0.2) is 27.4 Å². The van der Waals surface area contributed by atoms with Gasteiger partial charge in [-0.15, -0.1) is 0 Å². The van der Waals surface area contributed by atoms with E-state index in [1.807, 2.05) is 0 Å². The van der Waals surface area contributed by atoms with Crippen LogP contribution >= 0.6 is 0 Å². The monoisotopic (exact) mass is 357 g/mol. The van der Waals surface area contributed by atoms with Gasteiger partial charge in [-0.05, 0) is 31.0 Å². The molecule has 1 aromatic heterocycles. The molecule has 2 fully saturated rings. The number of likely N-dealkylation sites (tertiary alicyclic amines) is 1. The fourth-order valence-corrected chi connectivity index (χ4v) is 3.78. The van der Waals surface area contributed by atoms with Crippen molar-refractivity contribution < 1.29 is 18.8 Å². The van der Waals surface area contributed by atoms with E-state index in [2.05, 4.69) is 15.2 Å². The van der Waals surface area contributed by atoms with Gasteiger partial charge in [0.25, 0.3) is 0 Å². The predicted octanol–water partition coefficient (Wildman–Crippen LogP) is 0.618. The summed E-state index contributed by atoms with van der Waals surface area (Å²) in [5.74, 6) is -0.772. The van der Waals surface area contributed by atoms with E-state index in [1.165, 1.54) is 0 Å². The molecule has 8 heteroatoms. The lowest BCUT2D eigenvalue weighted by atomic mass is 9.85. The lowest BCUT2D eigenvalue weighted by molar-refractivity contribution is -0.124. The molecule has 0 radical (unpaired) electrons. The quantitative estimate of drug-likeness (QED) is 0.613. The highest BCUT2D eigenvalue weighted by Gasteiger charge is 2.47. The molecule has 26 heavy (non-hydrogen) atoms. The first-order valence-corrected chi connectivity index (χ1v) is 8.68. The predicted molar refractivity (Wildman–Crippen MR) is 92.0 cm³/mol. The number of oxazole rings is 1. The van der Waals surface area contributed by atoms with Crippen LogP contribution in [-0.4, -0.2) is 52.5 Å². The maximum Gasteiger partial charge on any atom is 0.417 e. The molecule has 136 valence electrons. The van der Waals surface area contributed by atoms with Gasteiger partial charge in [0, 0.05) is 31.6 Å². The second kappa shape index (κ2) is 6.21. The Morgan fingerprint density at radius 2 is 1.96 bits per heavy atom. The summed E-state index contributed by atoms with van der Waals surface area (Å²) in [6.45, 7) is 1.93. The van der Waals surface area contributed by atoms with Crippen molar-refractivity contribution in [3.63, 3.8) is 0 Å².